The number of benzene rings is 1. The summed E-state index contributed by atoms with van der Waals surface area (Å²) in [7, 11) is 0. The molecular formula is C20H26N4O. The molecule has 5 heteroatoms. The minimum Gasteiger partial charge on any atom is -0.338 e. The van der Waals surface area contributed by atoms with E-state index < -0.39 is 0 Å². The van der Waals surface area contributed by atoms with Crippen LogP contribution < -0.4 is 5.32 Å². The predicted molar refractivity (Wildman–Crippen MR) is 100 cm³/mol. The van der Waals surface area contributed by atoms with E-state index in [0.717, 1.165) is 38.0 Å². The first-order valence-electron chi connectivity index (χ1n) is 9.07. The molecule has 0 saturated carbocycles. The molecule has 1 amide bonds. The zero-order valence-corrected chi connectivity index (χ0v) is 15.2. The van der Waals surface area contributed by atoms with Crippen molar-refractivity contribution in [3.8, 4) is 0 Å². The molecule has 132 valence electrons. The van der Waals surface area contributed by atoms with Crippen LogP contribution in [0.5, 0.6) is 0 Å². The van der Waals surface area contributed by atoms with Gasteiger partial charge in [-0.2, -0.15) is 0 Å². The number of nitrogens with zero attached hydrogens (tertiary/aromatic N) is 3. The quantitative estimate of drug-likeness (QED) is 0.916. The first kappa shape index (κ1) is 17.4. The SMILES string of the molecule is CCc1cccc(C)c1Nc1ccc(C(=O)N2CCC(C)CC2)nn1. The van der Waals surface area contributed by atoms with E-state index >= 15 is 0 Å². The van der Waals surface area contributed by atoms with Gasteiger partial charge in [0.15, 0.2) is 11.5 Å². The molecule has 1 aromatic heterocycles. The van der Waals surface area contributed by atoms with Crippen LogP contribution in [0, 0.1) is 12.8 Å². The molecule has 0 aliphatic carbocycles. The lowest BCUT2D eigenvalue weighted by molar-refractivity contribution is 0.0690. The molecule has 0 radical (unpaired) electrons. The van der Waals surface area contributed by atoms with Crippen molar-refractivity contribution in [2.45, 2.75) is 40.0 Å². The molecule has 0 unspecified atom stereocenters. The van der Waals surface area contributed by atoms with Gasteiger partial charge in [0, 0.05) is 18.8 Å². The zero-order chi connectivity index (χ0) is 17.8. The zero-order valence-electron chi connectivity index (χ0n) is 15.2. The number of aryl methyl sites for hydroxylation is 2. The predicted octanol–water partition coefficient (Wildman–Crippen LogP) is 3.96. The molecule has 2 heterocycles. The molecule has 25 heavy (non-hydrogen) atoms. The van der Waals surface area contributed by atoms with Crippen LogP contribution in [-0.2, 0) is 6.42 Å². The highest BCUT2D eigenvalue weighted by Crippen LogP contribution is 2.24. The summed E-state index contributed by atoms with van der Waals surface area (Å²) in [6.45, 7) is 8.06. The summed E-state index contributed by atoms with van der Waals surface area (Å²) >= 11 is 0. The standard InChI is InChI=1S/C20H26N4O/c1-4-16-7-5-6-15(3)19(16)21-18-9-8-17(22-23-18)20(25)24-12-10-14(2)11-13-24/h5-9,14H,4,10-13H2,1-3H3,(H,21,23). The summed E-state index contributed by atoms with van der Waals surface area (Å²) in [4.78, 5) is 14.4. The van der Waals surface area contributed by atoms with Crippen molar-refractivity contribution in [3.05, 3.63) is 47.2 Å². The summed E-state index contributed by atoms with van der Waals surface area (Å²) in [5, 5.41) is 11.7. The van der Waals surface area contributed by atoms with Gasteiger partial charge in [0.2, 0.25) is 0 Å². The van der Waals surface area contributed by atoms with Crippen molar-refractivity contribution in [2.24, 2.45) is 5.92 Å². The summed E-state index contributed by atoms with van der Waals surface area (Å²) in [5.74, 6) is 1.34. The van der Waals surface area contributed by atoms with E-state index in [9.17, 15) is 4.79 Å². The van der Waals surface area contributed by atoms with Gasteiger partial charge in [-0.3, -0.25) is 4.79 Å². The molecule has 1 aromatic carbocycles. The molecule has 0 bridgehead atoms. The number of piperidine rings is 1. The molecule has 5 nitrogen and oxygen atoms in total. The van der Waals surface area contributed by atoms with E-state index in [2.05, 4.69) is 54.5 Å². The van der Waals surface area contributed by atoms with Crippen molar-refractivity contribution in [2.75, 3.05) is 18.4 Å². The molecule has 1 saturated heterocycles. The summed E-state index contributed by atoms with van der Waals surface area (Å²) in [6, 6.07) is 9.84. The number of hydrogen-bond donors (Lipinski definition) is 1. The molecule has 1 fully saturated rings. The van der Waals surface area contributed by atoms with Gasteiger partial charge in [0.25, 0.3) is 5.91 Å². The van der Waals surface area contributed by atoms with Crippen molar-refractivity contribution >= 4 is 17.4 Å². The van der Waals surface area contributed by atoms with Crippen LogP contribution in [0.4, 0.5) is 11.5 Å². The van der Waals surface area contributed by atoms with E-state index in [1.54, 1.807) is 6.07 Å². The number of rotatable bonds is 4. The minimum absolute atomic E-state index is 0.0175. The Morgan fingerprint density at radius 2 is 1.96 bits per heavy atom. The van der Waals surface area contributed by atoms with E-state index in [0.29, 0.717) is 17.4 Å². The Balaban J connectivity index is 1.72. The fourth-order valence-electron chi connectivity index (χ4n) is 3.22. The van der Waals surface area contributed by atoms with E-state index in [1.165, 1.54) is 11.1 Å². The Kier molecular flexibility index (Phi) is 5.31. The molecule has 3 rings (SSSR count). The normalized spacial score (nSPS) is 15.2. The fraction of sp³-hybridized carbons (Fsp3) is 0.450. The molecule has 0 atom stereocenters. The summed E-state index contributed by atoms with van der Waals surface area (Å²) in [6.07, 6.45) is 3.07. The van der Waals surface area contributed by atoms with Crippen LogP contribution in [0.25, 0.3) is 0 Å². The third kappa shape index (κ3) is 3.98. The van der Waals surface area contributed by atoms with Crippen LogP contribution in [-0.4, -0.2) is 34.1 Å². The van der Waals surface area contributed by atoms with Gasteiger partial charge in [-0.25, -0.2) is 0 Å². The fourth-order valence-corrected chi connectivity index (χ4v) is 3.22. The van der Waals surface area contributed by atoms with Crippen LogP contribution >= 0.6 is 0 Å². The van der Waals surface area contributed by atoms with Crippen molar-refractivity contribution in [3.63, 3.8) is 0 Å². The van der Waals surface area contributed by atoms with E-state index in [1.807, 2.05) is 11.0 Å². The van der Waals surface area contributed by atoms with Crippen LogP contribution in [0.15, 0.2) is 30.3 Å². The summed E-state index contributed by atoms with van der Waals surface area (Å²) < 4.78 is 0. The van der Waals surface area contributed by atoms with E-state index in [-0.39, 0.29) is 5.91 Å². The highest BCUT2D eigenvalue weighted by molar-refractivity contribution is 5.92. The van der Waals surface area contributed by atoms with Crippen LogP contribution in [0.2, 0.25) is 0 Å². The van der Waals surface area contributed by atoms with Crippen LogP contribution in [0.3, 0.4) is 0 Å². The second kappa shape index (κ2) is 7.64. The number of likely N-dealkylation sites (tertiary alicyclic amines) is 1. The highest BCUT2D eigenvalue weighted by atomic mass is 16.2. The van der Waals surface area contributed by atoms with Gasteiger partial charge in [0.05, 0.1) is 0 Å². The maximum Gasteiger partial charge on any atom is 0.274 e. The molecule has 0 spiro atoms. The number of anilines is 2. The van der Waals surface area contributed by atoms with Gasteiger partial charge in [-0.05, 0) is 55.4 Å². The lowest BCUT2D eigenvalue weighted by atomic mass is 9.99. The molecule has 2 aromatic rings. The monoisotopic (exact) mass is 338 g/mol. The average molecular weight is 338 g/mol. The Hall–Kier alpha value is -2.43. The Labute approximate surface area is 149 Å². The molecular weight excluding hydrogens is 312 g/mol. The van der Waals surface area contributed by atoms with E-state index in [4.69, 9.17) is 0 Å². The van der Waals surface area contributed by atoms with Crippen molar-refractivity contribution < 1.29 is 4.79 Å². The number of amides is 1. The maximum atomic E-state index is 12.5. The van der Waals surface area contributed by atoms with Gasteiger partial charge in [-0.1, -0.05) is 32.0 Å². The highest BCUT2D eigenvalue weighted by Gasteiger charge is 2.22. The van der Waals surface area contributed by atoms with Gasteiger partial charge >= 0.3 is 0 Å². The molecule has 1 aliphatic heterocycles. The largest absolute Gasteiger partial charge is 0.338 e. The van der Waals surface area contributed by atoms with Gasteiger partial charge in [0.1, 0.15) is 0 Å². The van der Waals surface area contributed by atoms with Gasteiger partial charge < -0.3 is 10.2 Å². The first-order valence-corrected chi connectivity index (χ1v) is 9.07. The smallest absolute Gasteiger partial charge is 0.274 e. The Morgan fingerprint density at radius 1 is 1.20 bits per heavy atom. The second-order valence-electron chi connectivity index (χ2n) is 6.87. The Bertz CT molecular complexity index is 734. The molecule has 1 N–H and O–H groups in total. The number of hydrogen-bond acceptors (Lipinski definition) is 4. The third-order valence-corrected chi connectivity index (χ3v) is 4.95. The minimum atomic E-state index is -0.0175. The number of carbonyl (C=O) groups is 1. The third-order valence-electron chi connectivity index (χ3n) is 4.95. The average Bonchev–Trinajstić information content (AvgIpc) is 2.64. The lowest BCUT2D eigenvalue weighted by Gasteiger charge is -2.29. The van der Waals surface area contributed by atoms with Crippen LogP contribution in [0.1, 0.15) is 48.3 Å². The maximum absolute atomic E-state index is 12.5. The summed E-state index contributed by atoms with van der Waals surface area (Å²) in [5.41, 5.74) is 3.90. The van der Waals surface area contributed by atoms with Crippen molar-refractivity contribution in [1.29, 1.82) is 0 Å². The molecule has 1 aliphatic rings. The van der Waals surface area contributed by atoms with Gasteiger partial charge in [-0.15, -0.1) is 10.2 Å². The first-order chi connectivity index (χ1) is 12.1. The van der Waals surface area contributed by atoms with Crippen molar-refractivity contribution in [1.82, 2.24) is 15.1 Å². The second-order valence-corrected chi connectivity index (χ2v) is 6.87. The number of para-hydroxylation sites is 1. The Morgan fingerprint density at radius 3 is 2.60 bits per heavy atom. The number of carbonyl (C=O) groups excluding carboxylic acids is 1. The lowest BCUT2D eigenvalue weighted by Crippen LogP contribution is -2.38. The number of aromatic nitrogens is 2. The topological polar surface area (TPSA) is 58.1 Å². The number of nitrogens with one attached hydrogen (secondary N) is 1.